The minimum absolute atomic E-state index is 0.337. The highest BCUT2D eigenvalue weighted by molar-refractivity contribution is 7.09. The van der Waals surface area contributed by atoms with Gasteiger partial charge in [-0.15, -0.1) is 11.6 Å². The average molecular weight is 232 g/mol. The van der Waals surface area contributed by atoms with Gasteiger partial charge in [-0.05, 0) is 18.8 Å². The van der Waals surface area contributed by atoms with Crippen LogP contribution in [-0.2, 0) is 0 Å². The number of nitrogens with zero attached hydrogens (tertiary/aromatic N) is 2. The van der Waals surface area contributed by atoms with Crippen molar-refractivity contribution in [1.82, 2.24) is 9.36 Å². The number of hydrogen-bond donors (Lipinski definition) is 1. The summed E-state index contributed by atoms with van der Waals surface area (Å²) in [5, 5.41) is 4.52. The molecule has 5 heteroatoms. The van der Waals surface area contributed by atoms with E-state index >= 15 is 0 Å². The molecular weight excluding hydrogens is 218 g/mol. The van der Waals surface area contributed by atoms with Crippen molar-refractivity contribution in [3.63, 3.8) is 0 Å². The standard InChI is InChI=1S/C9H14ClN3S/c10-8-4-2-1-3-7(8)5-11-9-12-6-13-14-9/h6-8H,1-5H2,(H,11,12,13). The van der Waals surface area contributed by atoms with Gasteiger partial charge in [0.25, 0.3) is 0 Å². The summed E-state index contributed by atoms with van der Waals surface area (Å²) in [5.41, 5.74) is 0. The van der Waals surface area contributed by atoms with E-state index in [-0.39, 0.29) is 0 Å². The lowest BCUT2D eigenvalue weighted by atomic mass is 9.89. The van der Waals surface area contributed by atoms with E-state index in [1.165, 1.54) is 30.8 Å². The molecule has 1 aromatic heterocycles. The summed E-state index contributed by atoms with van der Waals surface area (Å²) in [7, 11) is 0. The molecule has 0 radical (unpaired) electrons. The number of anilines is 1. The van der Waals surface area contributed by atoms with Crippen molar-refractivity contribution in [3.8, 4) is 0 Å². The maximum atomic E-state index is 6.25. The van der Waals surface area contributed by atoms with Crippen LogP contribution in [0.25, 0.3) is 0 Å². The number of nitrogens with one attached hydrogen (secondary N) is 1. The largest absolute Gasteiger partial charge is 0.360 e. The first kappa shape index (κ1) is 10.2. The van der Waals surface area contributed by atoms with E-state index in [1.54, 1.807) is 6.33 Å². The lowest BCUT2D eigenvalue weighted by Gasteiger charge is -2.26. The van der Waals surface area contributed by atoms with Crippen LogP contribution >= 0.6 is 23.1 Å². The first-order chi connectivity index (χ1) is 6.86. The fourth-order valence-electron chi connectivity index (χ4n) is 1.86. The predicted molar refractivity (Wildman–Crippen MR) is 60.0 cm³/mol. The molecule has 1 aliphatic rings. The van der Waals surface area contributed by atoms with E-state index in [9.17, 15) is 0 Å². The molecule has 14 heavy (non-hydrogen) atoms. The Morgan fingerprint density at radius 1 is 1.50 bits per heavy atom. The van der Waals surface area contributed by atoms with Crippen molar-refractivity contribution in [2.45, 2.75) is 31.1 Å². The molecule has 0 saturated heterocycles. The fraction of sp³-hybridized carbons (Fsp3) is 0.778. The molecule has 1 aliphatic carbocycles. The Kier molecular flexibility index (Phi) is 3.59. The third-order valence-electron chi connectivity index (χ3n) is 2.69. The Bertz CT molecular complexity index is 265. The van der Waals surface area contributed by atoms with Gasteiger partial charge >= 0.3 is 0 Å². The Balaban J connectivity index is 1.79. The summed E-state index contributed by atoms with van der Waals surface area (Å²) < 4.78 is 3.94. The number of aromatic nitrogens is 2. The van der Waals surface area contributed by atoms with Crippen LogP contribution in [0.1, 0.15) is 25.7 Å². The van der Waals surface area contributed by atoms with Crippen molar-refractivity contribution in [2.75, 3.05) is 11.9 Å². The second-order valence-electron chi connectivity index (χ2n) is 3.69. The first-order valence-corrected chi connectivity index (χ1v) is 6.22. The average Bonchev–Trinajstić information content (AvgIpc) is 2.69. The Labute approximate surface area is 93.1 Å². The van der Waals surface area contributed by atoms with Gasteiger partial charge in [0, 0.05) is 23.5 Å². The quantitative estimate of drug-likeness (QED) is 0.813. The predicted octanol–water partition coefficient (Wildman–Crippen LogP) is 2.75. The summed E-state index contributed by atoms with van der Waals surface area (Å²) in [5.74, 6) is 0.592. The van der Waals surface area contributed by atoms with Gasteiger partial charge in [-0.1, -0.05) is 12.8 Å². The molecule has 78 valence electrons. The van der Waals surface area contributed by atoms with Gasteiger partial charge in [0.05, 0.1) is 0 Å². The van der Waals surface area contributed by atoms with Crippen molar-refractivity contribution in [1.29, 1.82) is 0 Å². The lowest BCUT2D eigenvalue weighted by Crippen LogP contribution is -2.26. The summed E-state index contributed by atoms with van der Waals surface area (Å²) in [6.07, 6.45) is 6.56. The van der Waals surface area contributed by atoms with Gasteiger partial charge in [0.2, 0.25) is 5.13 Å². The van der Waals surface area contributed by atoms with Gasteiger partial charge in [0.1, 0.15) is 6.33 Å². The van der Waals surface area contributed by atoms with E-state index in [2.05, 4.69) is 14.7 Å². The number of alkyl halides is 1. The van der Waals surface area contributed by atoms with Crippen LogP contribution in [0.2, 0.25) is 0 Å². The van der Waals surface area contributed by atoms with Gasteiger partial charge < -0.3 is 5.32 Å². The topological polar surface area (TPSA) is 37.8 Å². The normalized spacial score (nSPS) is 27.5. The second-order valence-corrected chi connectivity index (χ2v) is 5.03. The monoisotopic (exact) mass is 231 g/mol. The zero-order valence-corrected chi connectivity index (χ0v) is 9.52. The third-order valence-corrected chi connectivity index (χ3v) is 3.89. The zero-order chi connectivity index (χ0) is 9.80. The van der Waals surface area contributed by atoms with Gasteiger partial charge in [0.15, 0.2) is 0 Å². The highest BCUT2D eigenvalue weighted by atomic mass is 35.5. The van der Waals surface area contributed by atoms with E-state index in [1.807, 2.05) is 0 Å². The molecule has 0 aromatic carbocycles. The third kappa shape index (κ3) is 2.58. The molecule has 1 fully saturated rings. The van der Waals surface area contributed by atoms with Crippen molar-refractivity contribution in [2.24, 2.45) is 5.92 Å². The molecule has 0 aliphatic heterocycles. The number of hydrogen-bond acceptors (Lipinski definition) is 4. The summed E-state index contributed by atoms with van der Waals surface area (Å²) in [6.45, 7) is 0.934. The maximum absolute atomic E-state index is 6.25. The van der Waals surface area contributed by atoms with Crippen molar-refractivity contribution >= 4 is 28.3 Å². The molecular formula is C9H14ClN3S. The van der Waals surface area contributed by atoms with Crippen LogP contribution in [-0.4, -0.2) is 21.3 Å². The first-order valence-electron chi connectivity index (χ1n) is 5.01. The molecule has 0 spiro atoms. The van der Waals surface area contributed by atoms with Crippen LogP contribution in [0.15, 0.2) is 6.33 Å². The van der Waals surface area contributed by atoms with Crippen molar-refractivity contribution < 1.29 is 0 Å². The summed E-state index contributed by atoms with van der Waals surface area (Å²) >= 11 is 7.65. The van der Waals surface area contributed by atoms with E-state index in [4.69, 9.17) is 11.6 Å². The molecule has 1 heterocycles. The maximum Gasteiger partial charge on any atom is 0.202 e. The fourth-order valence-corrected chi connectivity index (χ4v) is 2.67. The van der Waals surface area contributed by atoms with Crippen LogP contribution in [0.5, 0.6) is 0 Å². The van der Waals surface area contributed by atoms with E-state index < -0.39 is 0 Å². The van der Waals surface area contributed by atoms with Crippen LogP contribution in [0.3, 0.4) is 0 Å². The SMILES string of the molecule is ClC1CCCCC1CNc1ncns1. The van der Waals surface area contributed by atoms with Gasteiger partial charge in [-0.2, -0.15) is 4.37 Å². The molecule has 2 atom stereocenters. The van der Waals surface area contributed by atoms with E-state index in [0.717, 1.165) is 18.1 Å². The van der Waals surface area contributed by atoms with Crippen molar-refractivity contribution in [3.05, 3.63) is 6.33 Å². The highest BCUT2D eigenvalue weighted by Gasteiger charge is 2.22. The minimum atomic E-state index is 0.337. The van der Waals surface area contributed by atoms with Crippen LogP contribution < -0.4 is 5.32 Å². The molecule has 0 bridgehead atoms. The second kappa shape index (κ2) is 4.94. The lowest BCUT2D eigenvalue weighted by molar-refractivity contribution is 0.380. The van der Waals surface area contributed by atoms with Crippen LogP contribution in [0, 0.1) is 5.92 Å². The zero-order valence-electron chi connectivity index (χ0n) is 7.95. The number of halogens is 1. The molecule has 2 rings (SSSR count). The Morgan fingerprint density at radius 3 is 3.07 bits per heavy atom. The molecule has 1 aromatic rings. The smallest absolute Gasteiger partial charge is 0.202 e. The molecule has 3 nitrogen and oxygen atoms in total. The van der Waals surface area contributed by atoms with Crippen LogP contribution in [0.4, 0.5) is 5.13 Å². The minimum Gasteiger partial charge on any atom is -0.360 e. The molecule has 0 amide bonds. The van der Waals surface area contributed by atoms with E-state index in [0.29, 0.717) is 11.3 Å². The highest BCUT2D eigenvalue weighted by Crippen LogP contribution is 2.28. The molecule has 1 saturated carbocycles. The Hall–Kier alpha value is -0.350. The van der Waals surface area contributed by atoms with Gasteiger partial charge in [-0.3, -0.25) is 0 Å². The Morgan fingerprint density at radius 2 is 2.36 bits per heavy atom. The molecule has 1 N–H and O–H groups in total. The number of rotatable bonds is 3. The van der Waals surface area contributed by atoms with Gasteiger partial charge in [-0.25, -0.2) is 4.98 Å². The molecule has 2 unspecified atom stereocenters. The summed E-state index contributed by atoms with van der Waals surface area (Å²) in [6, 6.07) is 0. The summed E-state index contributed by atoms with van der Waals surface area (Å²) in [4.78, 5) is 4.08.